The SMILES string of the molecule is Cc1cc(C)cc(NCC(=O)NC(C)c2ccco2)c1. The summed E-state index contributed by atoms with van der Waals surface area (Å²) in [5.41, 5.74) is 3.32. The molecule has 2 rings (SSSR count). The van der Waals surface area contributed by atoms with E-state index in [4.69, 9.17) is 4.42 Å². The number of rotatable bonds is 5. The van der Waals surface area contributed by atoms with Crippen LogP contribution in [0.4, 0.5) is 5.69 Å². The summed E-state index contributed by atoms with van der Waals surface area (Å²) in [5, 5.41) is 6.02. The van der Waals surface area contributed by atoms with Gasteiger partial charge in [-0.3, -0.25) is 4.79 Å². The molecule has 2 N–H and O–H groups in total. The first-order valence-electron chi connectivity index (χ1n) is 6.69. The molecular weight excluding hydrogens is 252 g/mol. The van der Waals surface area contributed by atoms with Crippen molar-refractivity contribution < 1.29 is 9.21 Å². The number of benzene rings is 1. The number of carbonyl (C=O) groups excluding carboxylic acids is 1. The van der Waals surface area contributed by atoms with E-state index in [1.54, 1.807) is 6.26 Å². The Labute approximate surface area is 119 Å². The molecule has 0 bridgehead atoms. The highest BCUT2D eigenvalue weighted by Crippen LogP contribution is 2.14. The second kappa shape index (κ2) is 6.28. The van der Waals surface area contributed by atoms with E-state index in [0.29, 0.717) is 0 Å². The van der Waals surface area contributed by atoms with Gasteiger partial charge >= 0.3 is 0 Å². The van der Waals surface area contributed by atoms with Crippen LogP contribution in [0.25, 0.3) is 0 Å². The fourth-order valence-electron chi connectivity index (χ4n) is 2.16. The standard InChI is InChI=1S/C16H20N2O2/c1-11-7-12(2)9-14(8-11)17-10-16(19)18-13(3)15-5-4-6-20-15/h4-9,13,17H,10H2,1-3H3,(H,18,19). The van der Waals surface area contributed by atoms with Crippen LogP contribution in [-0.4, -0.2) is 12.5 Å². The monoisotopic (exact) mass is 272 g/mol. The predicted octanol–water partition coefficient (Wildman–Crippen LogP) is 3.19. The summed E-state index contributed by atoms with van der Waals surface area (Å²) in [6.45, 7) is 6.22. The highest BCUT2D eigenvalue weighted by Gasteiger charge is 2.11. The van der Waals surface area contributed by atoms with Crippen LogP contribution < -0.4 is 10.6 Å². The fraction of sp³-hybridized carbons (Fsp3) is 0.312. The van der Waals surface area contributed by atoms with Crippen molar-refractivity contribution in [1.82, 2.24) is 5.32 Å². The lowest BCUT2D eigenvalue weighted by molar-refractivity contribution is -0.120. The van der Waals surface area contributed by atoms with E-state index in [-0.39, 0.29) is 18.5 Å². The molecule has 0 aliphatic heterocycles. The van der Waals surface area contributed by atoms with E-state index in [9.17, 15) is 4.79 Å². The second-order valence-electron chi connectivity index (χ2n) is 5.03. The van der Waals surface area contributed by atoms with Gasteiger partial charge in [0.1, 0.15) is 5.76 Å². The lowest BCUT2D eigenvalue weighted by atomic mass is 10.1. The van der Waals surface area contributed by atoms with Crippen LogP contribution in [0.2, 0.25) is 0 Å². The molecule has 0 saturated carbocycles. The lowest BCUT2D eigenvalue weighted by Gasteiger charge is -2.13. The van der Waals surface area contributed by atoms with Gasteiger partial charge in [0.15, 0.2) is 0 Å². The summed E-state index contributed by atoms with van der Waals surface area (Å²) in [7, 11) is 0. The number of furan rings is 1. The molecule has 4 heteroatoms. The normalized spacial score (nSPS) is 11.9. The van der Waals surface area contributed by atoms with E-state index in [2.05, 4.69) is 16.7 Å². The molecule has 0 aliphatic rings. The van der Waals surface area contributed by atoms with Crippen molar-refractivity contribution in [2.45, 2.75) is 26.8 Å². The molecule has 1 aromatic carbocycles. The Kier molecular flexibility index (Phi) is 4.45. The van der Waals surface area contributed by atoms with Gasteiger partial charge in [0.2, 0.25) is 5.91 Å². The predicted molar refractivity (Wildman–Crippen MR) is 79.7 cm³/mol. The molecule has 1 unspecified atom stereocenters. The van der Waals surface area contributed by atoms with Gasteiger partial charge in [-0.2, -0.15) is 0 Å². The van der Waals surface area contributed by atoms with Crippen molar-refractivity contribution in [3.8, 4) is 0 Å². The molecule has 0 radical (unpaired) electrons. The van der Waals surface area contributed by atoms with E-state index in [0.717, 1.165) is 11.4 Å². The Morgan fingerprint density at radius 3 is 2.55 bits per heavy atom. The van der Waals surface area contributed by atoms with Crippen LogP contribution in [0.3, 0.4) is 0 Å². The highest BCUT2D eigenvalue weighted by molar-refractivity contribution is 5.81. The Hall–Kier alpha value is -2.23. The van der Waals surface area contributed by atoms with Crippen LogP contribution in [0.1, 0.15) is 29.9 Å². The van der Waals surface area contributed by atoms with Gasteiger partial charge in [0.25, 0.3) is 0 Å². The van der Waals surface area contributed by atoms with Crippen molar-refractivity contribution in [3.63, 3.8) is 0 Å². The molecule has 0 spiro atoms. The molecule has 0 saturated heterocycles. The Balaban J connectivity index is 1.86. The molecule has 1 heterocycles. The summed E-state index contributed by atoms with van der Waals surface area (Å²) in [6, 6.07) is 9.68. The molecule has 1 amide bonds. The van der Waals surface area contributed by atoms with Gasteiger partial charge in [-0.05, 0) is 56.2 Å². The average Bonchev–Trinajstić information content (AvgIpc) is 2.89. The number of nitrogens with one attached hydrogen (secondary N) is 2. The van der Waals surface area contributed by atoms with Gasteiger partial charge in [0.05, 0.1) is 18.8 Å². The quantitative estimate of drug-likeness (QED) is 0.879. The van der Waals surface area contributed by atoms with E-state index < -0.39 is 0 Å². The number of anilines is 1. The summed E-state index contributed by atoms with van der Waals surface area (Å²) in [6.07, 6.45) is 1.60. The Bertz CT molecular complexity index is 556. The topological polar surface area (TPSA) is 54.3 Å². The number of carbonyl (C=O) groups is 1. The van der Waals surface area contributed by atoms with Crippen LogP contribution in [0, 0.1) is 13.8 Å². The number of hydrogen-bond acceptors (Lipinski definition) is 3. The summed E-state index contributed by atoms with van der Waals surface area (Å²) >= 11 is 0. The molecule has 1 aromatic heterocycles. The smallest absolute Gasteiger partial charge is 0.239 e. The van der Waals surface area contributed by atoms with E-state index in [1.165, 1.54) is 11.1 Å². The van der Waals surface area contributed by atoms with Crippen LogP contribution in [0.5, 0.6) is 0 Å². The third kappa shape index (κ3) is 3.88. The van der Waals surface area contributed by atoms with Gasteiger partial charge in [-0.25, -0.2) is 0 Å². The average molecular weight is 272 g/mol. The summed E-state index contributed by atoms with van der Waals surface area (Å²) in [4.78, 5) is 11.9. The molecular formula is C16H20N2O2. The van der Waals surface area contributed by atoms with E-state index >= 15 is 0 Å². The maximum absolute atomic E-state index is 11.9. The van der Waals surface area contributed by atoms with Crippen molar-refractivity contribution in [1.29, 1.82) is 0 Å². The van der Waals surface area contributed by atoms with Crippen LogP contribution in [-0.2, 0) is 4.79 Å². The zero-order chi connectivity index (χ0) is 14.5. The zero-order valence-corrected chi connectivity index (χ0v) is 12.1. The maximum atomic E-state index is 11.9. The van der Waals surface area contributed by atoms with Crippen molar-refractivity contribution >= 4 is 11.6 Å². The largest absolute Gasteiger partial charge is 0.467 e. The van der Waals surface area contributed by atoms with Gasteiger partial charge in [0, 0.05) is 5.69 Å². The van der Waals surface area contributed by atoms with E-state index in [1.807, 2.05) is 45.0 Å². The first-order chi connectivity index (χ1) is 9.54. The number of hydrogen-bond donors (Lipinski definition) is 2. The van der Waals surface area contributed by atoms with Crippen LogP contribution in [0.15, 0.2) is 41.0 Å². The fourth-order valence-corrected chi connectivity index (χ4v) is 2.16. The minimum absolute atomic E-state index is 0.0620. The molecule has 20 heavy (non-hydrogen) atoms. The van der Waals surface area contributed by atoms with Crippen molar-refractivity contribution in [3.05, 3.63) is 53.5 Å². The minimum atomic E-state index is -0.126. The van der Waals surface area contributed by atoms with Crippen LogP contribution >= 0.6 is 0 Å². The highest BCUT2D eigenvalue weighted by atomic mass is 16.3. The van der Waals surface area contributed by atoms with Gasteiger partial charge in [-0.15, -0.1) is 0 Å². The molecule has 1 atom stereocenters. The molecule has 2 aromatic rings. The molecule has 0 fully saturated rings. The third-order valence-electron chi connectivity index (χ3n) is 3.02. The zero-order valence-electron chi connectivity index (χ0n) is 12.1. The Morgan fingerprint density at radius 2 is 1.95 bits per heavy atom. The third-order valence-corrected chi connectivity index (χ3v) is 3.02. The number of aryl methyl sites for hydroxylation is 2. The first-order valence-corrected chi connectivity index (χ1v) is 6.69. The van der Waals surface area contributed by atoms with Crippen molar-refractivity contribution in [2.24, 2.45) is 0 Å². The molecule has 0 aliphatic carbocycles. The maximum Gasteiger partial charge on any atom is 0.239 e. The summed E-state index contributed by atoms with van der Waals surface area (Å²) in [5.74, 6) is 0.692. The second-order valence-corrected chi connectivity index (χ2v) is 5.03. The molecule has 106 valence electrons. The number of amides is 1. The van der Waals surface area contributed by atoms with Crippen molar-refractivity contribution in [2.75, 3.05) is 11.9 Å². The van der Waals surface area contributed by atoms with Gasteiger partial charge in [-0.1, -0.05) is 6.07 Å². The summed E-state index contributed by atoms with van der Waals surface area (Å²) < 4.78 is 5.26. The first kappa shape index (κ1) is 14.2. The lowest BCUT2D eigenvalue weighted by Crippen LogP contribution is -2.31. The minimum Gasteiger partial charge on any atom is -0.467 e. The van der Waals surface area contributed by atoms with Gasteiger partial charge < -0.3 is 15.1 Å². The molecule has 4 nitrogen and oxygen atoms in total. The Morgan fingerprint density at radius 1 is 1.25 bits per heavy atom.